The second kappa shape index (κ2) is 12.6. The first-order valence-electron chi connectivity index (χ1n) is 9.70. The van der Waals surface area contributed by atoms with Gasteiger partial charge in [-0.2, -0.15) is 0 Å². The Morgan fingerprint density at radius 3 is 2.26 bits per heavy atom. The second-order valence-electron chi connectivity index (χ2n) is 6.46. The fourth-order valence-corrected chi connectivity index (χ4v) is 6.22. The number of nitrogens with zero attached hydrogens (tertiary/aromatic N) is 3. The summed E-state index contributed by atoms with van der Waals surface area (Å²) in [7, 11) is -7.15. The van der Waals surface area contributed by atoms with Crippen LogP contribution in [0.25, 0.3) is 21.4 Å². The van der Waals surface area contributed by atoms with E-state index in [1.165, 1.54) is 49.8 Å². The minimum absolute atomic E-state index is 0. The van der Waals surface area contributed by atoms with E-state index in [0.29, 0.717) is 16.9 Å². The normalized spacial score (nSPS) is 11.8. The van der Waals surface area contributed by atoms with Gasteiger partial charge in [-0.3, -0.25) is 9.13 Å². The van der Waals surface area contributed by atoms with Crippen molar-refractivity contribution in [3.05, 3.63) is 64.3 Å². The second-order valence-corrected chi connectivity index (χ2v) is 10.3. The topological polar surface area (TPSA) is 111 Å². The molecule has 0 spiro atoms. The molecule has 0 radical (unpaired) electrons. The number of hydrogen-bond donors (Lipinski definition) is 0. The van der Waals surface area contributed by atoms with Gasteiger partial charge in [0.1, 0.15) is 16.4 Å². The van der Waals surface area contributed by atoms with Crippen molar-refractivity contribution in [3.8, 4) is 22.7 Å². The number of ether oxygens (including phenoxy) is 1. The fraction of sp³-hybridized carbons (Fsp3) is 0.250. The van der Waals surface area contributed by atoms with Crippen LogP contribution in [0.4, 0.5) is 4.39 Å². The molecule has 0 bridgehead atoms. The molecule has 0 saturated carbocycles. The largest absolute Gasteiger partial charge is 1.00 e. The fourth-order valence-electron chi connectivity index (χ4n) is 2.96. The van der Waals surface area contributed by atoms with Gasteiger partial charge in [0.2, 0.25) is 0 Å². The summed E-state index contributed by atoms with van der Waals surface area (Å²) in [5.74, 6) is -0.495. The molecule has 0 amide bonds. The predicted molar refractivity (Wildman–Crippen MR) is 122 cm³/mol. The van der Waals surface area contributed by atoms with Crippen LogP contribution >= 0.6 is 19.3 Å². The Morgan fingerprint density at radius 1 is 1.12 bits per heavy atom. The van der Waals surface area contributed by atoms with Crippen molar-refractivity contribution >= 4 is 29.4 Å². The summed E-state index contributed by atoms with van der Waals surface area (Å²) in [5.41, 5.74) is 1.34. The standard InChI is InChI=1S/C20H21ClFN3O6PS.K/c1-4-30-32(26,31-5-2)24-33(27,28)16-9-7-15(8-10-16)25-13-23-20(21)19(25)14-6-11-18(29-3)17(22)12-14;/h6-13H,4-5H2,1-3H3;/q-1;+1. The quantitative estimate of drug-likeness (QED) is 0.279. The van der Waals surface area contributed by atoms with Crippen molar-refractivity contribution in [1.29, 1.82) is 0 Å². The van der Waals surface area contributed by atoms with Crippen molar-refractivity contribution < 1.29 is 82.5 Å². The zero-order chi connectivity index (χ0) is 24.2. The van der Waals surface area contributed by atoms with Crippen LogP contribution < -0.4 is 56.1 Å². The van der Waals surface area contributed by atoms with Gasteiger partial charge in [-0.15, -0.1) is 0 Å². The number of benzene rings is 2. The molecule has 1 aromatic heterocycles. The maximum absolute atomic E-state index is 14.2. The number of imidazole rings is 1. The number of aromatic nitrogens is 2. The summed E-state index contributed by atoms with van der Waals surface area (Å²) in [6, 6.07) is 9.87. The monoisotopic (exact) mass is 555 g/mol. The van der Waals surface area contributed by atoms with Crippen LogP contribution in [0.15, 0.2) is 53.7 Å². The average Bonchev–Trinajstić information content (AvgIpc) is 3.15. The maximum atomic E-state index is 14.2. The maximum Gasteiger partial charge on any atom is 1.00 e. The van der Waals surface area contributed by atoms with Gasteiger partial charge in [0.15, 0.2) is 16.7 Å². The first kappa shape index (κ1) is 29.6. The van der Waals surface area contributed by atoms with E-state index in [2.05, 4.69) is 9.48 Å². The van der Waals surface area contributed by atoms with Crippen LogP contribution in [0, 0.1) is 5.82 Å². The summed E-state index contributed by atoms with van der Waals surface area (Å²) in [6.07, 6.45) is 1.42. The Labute approximate surface area is 245 Å². The summed E-state index contributed by atoms with van der Waals surface area (Å²) in [6.45, 7) is 3.02. The molecule has 3 aromatic rings. The smallest absolute Gasteiger partial charge is 0.494 e. The van der Waals surface area contributed by atoms with Crippen molar-refractivity contribution in [1.82, 2.24) is 9.55 Å². The number of rotatable bonds is 10. The van der Waals surface area contributed by atoms with Gasteiger partial charge in [-0.25, -0.2) is 17.8 Å². The molecule has 2 aromatic carbocycles. The first-order valence-corrected chi connectivity index (χ1v) is 13.0. The molecule has 0 N–H and O–H groups in total. The summed E-state index contributed by atoms with van der Waals surface area (Å²) in [5, 5.41) is 0.126. The van der Waals surface area contributed by atoms with Crippen LogP contribution in [-0.2, 0) is 23.6 Å². The Kier molecular flexibility index (Phi) is 10.9. The molecule has 0 fully saturated rings. The van der Waals surface area contributed by atoms with Gasteiger partial charge in [-0.05, 0) is 56.3 Å². The number of halogens is 2. The Morgan fingerprint density at radius 2 is 1.74 bits per heavy atom. The van der Waals surface area contributed by atoms with E-state index < -0.39 is 23.6 Å². The molecule has 1 heterocycles. The molecule has 34 heavy (non-hydrogen) atoms. The van der Waals surface area contributed by atoms with Crippen LogP contribution in [-0.4, -0.2) is 38.3 Å². The van der Waals surface area contributed by atoms with Gasteiger partial charge in [0.05, 0.1) is 26.0 Å². The third-order valence-electron chi connectivity index (χ3n) is 4.35. The van der Waals surface area contributed by atoms with Crippen LogP contribution in [0.5, 0.6) is 5.75 Å². The molecule has 9 nitrogen and oxygen atoms in total. The van der Waals surface area contributed by atoms with Gasteiger partial charge in [-0.1, -0.05) is 11.6 Å². The molecule has 0 aliphatic heterocycles. The minimum Gasteiger partial charge on any atom is -0.494 e. The first-order chi connectivity index (χ1) is 15.6. The van der Waals surface area contributed by atoms with Gasteiger partial charge in [0, 0.05) is 16.1 Å². The van der Waals surface area contributed by atoms with Crippen molar-refractivity contribution in [3.63, 3.8) is 0 Å². The average molecular weight is 556 g/mol. The molecule has 0 unspecified atom stereocenters. The molecule has 0 aliphatic carbocycles. The molecule has 0 saturated heterocycles. The van der Waals surface area contributed by atoms with E-state index in [9.17, 15) is 17.4 Å². The van der Waals surface area contributed by atoms with Crippen LogP contribution in [0.3, 0.4) is 0 Å². The van der Waals surface area contributed by atoms with E-state index in [-0.39, 0.29) is 80.4 Å². The SMILES string of the molecule is CCOP(=O)([N-]S(=O)(=O)c1ccc(-n2cnc(Cl)c2-c2ccc(OC)c(F)c2)cc1)OCC.[K+]. The van der Waals surface area contributed by atoms with Crippen molar-refractivity contribution in [2.45, 2.75) is 18.7 Å². The van der Waals surface area contributed by atoms with Gasteiger partial charge < -0.3 is 18.3 Å². The van der Waals surface area contributed by atoms with E-state index in [4.69, 9.17) is 25.4 Å². The third-order valence-corrected chi connectivity index (χ3v) is 8.33. The Bertz CT molecular complexity index is 1280. The molecule has 14 heteroatoms. The molecule has 0 aliphatic rings. The zero-order valence-electron chi connectivity index (χ0n) is 18.9. The molecule has 178 valence electrons. The number of hydrogen-bond acceptors (Lipinski definition) is 7. The number of methoxy groups -OCH3 is 1. The van der Waals surface area contributed by atoms with Crippen LogP contribution in [0.2, 0.25) is 5.15 Å². The summed E-state index contributed by atoms with van der Waals surface area (Å²) >= 11 is 6.24. The Hall–Kier alpha value is -0.634. The summed E-state index contributed by atoms with van der Waals surface area (Å²) < 4.78 is 71.8. The molecule has 3 rings (SSSR count). The molecule has 0 atom stereocenters. The van der Waals surface area contributed by atoms with Crippen LogP contribution in [0.1, 0.15) is 13.8 Å². The van der Waals surface area contributed by atoms with E-state index >= 15 is 0 Å². The Balaban J connectivity index is 0.00000408. The van der Waals surface area contributed by atoms with E-state index in [1.54, 1.807) is 24.5 Å². The minimum atomic E-state index is -4.33. The van der Waals surface area contributed by atoms with E-state index in [1.807, 2.05) is 0 Å². The summed E-state index contributed by atoms with van der Waals surface area (Å²) in [4.78, 5) is 3.86. The zero-order valence-corrected chi connectivity index (χ0v) is 24.5. The van der Waals surface area contributed by atoms with Gasteiger partial charge >= 0.3 is 51.4 Å². The predicted octanol–water partition coefficient (Wildman–Crippen LogP) is 2.59. The molecular formula is C20H21ClFKN3O6PS. The van der Waals surface area contributed by atoms with Crippen molar-refractivity contribution in [2.75, 3.05) is 20.3 Å². The number of sulfonamides is 1. The third kappa shape index (κ3) is 6.77. The van der Waals surface area contributed by atoms with Gasteiger partial charge in [0.25, 0.3) is 7.75 Å². The van der Waals surface area contributed by atoms with E-state index in [0.717, 1.165) is 0 Å². The van der Waals surface area contributed by atoms with Crippen molar-refractivity contribution in [2.24, 2.45) is 0 Å². The molecular weight excluding hydrogens is 535 g/mol.